The molecule has 1 amide bonds. The molecule has 2 heterocycles. The number of anilines is 1. The summed E-state index contributed by atoms with van der Waals surface area (Å²) in [6, 6.07) is 7.86. The summed E-state index contributed by atoms with van der Waals surface area (Å²) in [5.74, 6) is 1.39. The molecule has 1 saturated heterocycles. The van der Waals surface area contributed by atoms with Crippen molar-refractivity contribution in [3.05, 3.63) is 60.7 Å². The van der Waals surface area contributed by atoms with Crippen LogP contribution >= 0.6 is 12.2 Å². The number of nitrogens with zero attached hydrogens (tertiary/aromatic N) is 3. The lowest BCUT2D eigenvalue weighted by Gasteiger charge is -2.15. The number of likely N-dealkylation sites (N-methyl/N-ethyl adjacent to an activating group) is 1. The fraction of sp³-hybridized carbons (Fsp3) is 0.222. The summed E-state index contributed by atoms with van der Waals surface area (Å²) < 4.78 is 5.89. The molecule has 1 aromatic rings. The van der Waals surface area contributed by atoms with E-state index in [0.717, 1.165) is 18.0 Å². The predicted molar refractivity (Wildman–Crippen MR) is 98.5 cm³/mol. The van der Waals surface area contributed by atoms with Crippen molar-refractivity contribution in [3.63, 3.8) is 0 Å². The molecule has 124 valence electrons. The average molecular weight is 341 g/mol. The molecule has 0 atom stereocenters. The summed E-state index contributed by atoms with van der Waals surface area (Å²) in [7, 11) is 1.79. The largest absolute Gasteiger partial charge is 0.439 e. The number of ether oxygens (including phenoxy) is 1. The number of fused-ring (bicyclic) bond motifs is 1. The van der Waals surface area contributed by atoms with Gasteiger partial charge in [-0.05, 0) is 37.4 Å². The highest BCUT2D eigenvalue weighted by Crippen LogP contribution is 2.38. The molecular formula is C18H19N3O2S. The Labute approximate surface area is 147 Å². The molecule has 2 aliphatic rings. The number of amides is 1. The number of allylic oxidation sites excluding steroid dienone is 2. The number of para-hydroxylation sites is 2. The number of rotatable bonds is 4. The van der Waals surface area contributed by atoms with E-state index in [2.05, 4.69) is 18.4 Å². The van der Waals surface area contributed by atoms with Gasteiger partial charge in [-0.2, -0.15) is 0 Å². The van der Waals surface area contributed by atoms with E-state index in [1.165, 1.54) is 4.90 Å². The van der Waals surface area contributed by atoms with Gasteiger partial charge in [-0.1, -0.05) is 18.2 Å². The predicted octanol–water partition coefficient (Wildman–Crippen LogP) is 2.88. The lowest BCUT2D eigenvalue weighted by atomic mass is 10.3. The molecule has 2 aliphatic heterocycles. The summed E-state index contributed by atoms with van der Waals surface area (Å²) in [5.41, 5.74) is 1.55. The van der Waals surface area contributed by atoms with Gasteiger partial charge in [-0.15, -0.1) is 6.58 Å². The minimum absolute atomic E-state index is 0.127. The van der Waals surface area contributed by atoms with Gasteiger partial charge in [0.25, 0.3) is 5.91 Å². The minimum atomic E-state index is -0.127. The Kier molecular flexibility index (Phi) is 4.40. The number of thiocarbonyl (C=S) groups is 1. The Hall–Kier alpha value is -2.60. The quantitative estimate of drug-likeness (QED) is 0.478. The van der Waals surface area contributed by atoms with Crippen LogP contribution in [0.5, 0.6) is 5.75 Å². The van der Waals surface area contributed by atoms with Crippen molar-refractivity contribution >= 4 is 28.9 Å². The standard InChI is InChI=1S/C18H19N3O2S/c1-4-12-21-17(22)14(19(3)18(21)24)10-11-16-20(5-2)13-8-6-7-9-15(13)23-16/h4,6-11H,1,5,12H2,2-3H3/b14-10+,16-11-. The van der Waals surface area contributed by atoms with Gasteiger partial charge in [0.1, 0.15) is 5.70 Å². The van der Waals surface area contributed by atoms with E-state index < -0.39 is 0 Å². The highest BCUT2D eigenvalue weighted by Gasteiger charge is 2.34. The molecule has 5 nitrogen and oxygen atoms in total. The maximum atomic E-state index is 12.5. The number of carbonyl (C=O) groups is 1. The normalized spacial score (nSPS) is 20.2. The van der Waals surface area contributed by atoms with Gasteiger partial charge >= 0.3 is 0 Å². The van der Waals surface area contributed by atoms with Crippen molar-refractivity contribution in [1.82, 2.24) is 9.80 Å². The Balaban J connectivity index is 1.90. The van der Waals surface area contributed by atoms with Crippen LogP contribution in [-0.4, -0.2) is 41.0 Å². The molecule has 0 saturated carbocycles. The number of benzene rings is 1. The Morgan fingerprint density at radius 3 is 2.71 bits per heavy atom. The van der Waals surface area contributed by atoms with E-state index in [1.54, 1.807) is 24.1 Å². The average Bonchev–Trinajstić information content (AvgIpc) is 3.04. The van der Waals surface area contributed by atoms with Crippen LogP contribution in [0.25, 0.3) is 0 Å². The number of hydrogen-bond acceptors (Lipinski definition) is 4. The van der Waals surface area contributed by atoms with E-state index in [-0.39, 0.29) is 5.91 Å². The maximum Gasteiger partial charge on any atom is 0.277 e. The van der Waals surface area contributed by atoms with E-state index in [0.29, 0.717) is 23.2 Å². The van der Waals surface area contributed by atoms with Gasteiger partial charge in [0.05, 0.1) is 5.69 Å². The first-order chi connectivity index (χ1) is 11.6. The zero-order chi connectivity index (χ0) is 17.3. The van der Waals surface area contributed by atoms with Gasteiger partial charge < -0.3 is 14.5 Å². The fourth-order valence-electron chi connectivity index (χ4n) is 2.78. The van der Waals surface area contributed by atoms with E-state index in [9.17, 15) is 4.79 Å². The van der Waals surface area contributed by atoms with Gasteiger partial charge in [0, 0.05) is 26.2 Å². The number of hydrogen-bond donors (Lipinski definition) is 0. The lowest BCUT2D eigenvalue weighted by Crippen LogP contribution is -2.31. The van der Waals surface area contributed by atoms with Crippen LogP contribution in [0.3, 0.4) is 0 Å². The van der Waals surface area contributed by atoms with Crippen LogP contribution in [0.15, 0.2) is 60.7 Å². The summed E-state index contributed by atoms with van der Waals surface area (Å²) in [6.07, 6.45) is 5.23. The molecule has 0 aliphatic carbocycles. The monoisotopic (exact) mass is 341 g/mol. The zero-order valence-electron chi connectivity index (χ0n) is 13.7. The van der Waals surface area contributed by atoms with Crippen molar-refractivity contribution in [2.24, 2.45) is 0 Å². The molecule has 0 radical (unpaired) electrons. The molecule has 0 bridgehead atoms. The molecule has 3 rings (SSSR count). The SMILES string of the molecule is C=CCN1C(=O)/C(=C\C=C2/Oc3ccccc3N2CC)N(C)C1=S. The second-order valence-electron chi connectivity index (χ2n) is 5.42. The molecule has 1 aromatic carbocycles. The smallest absolute Gasteiger partial charge is 0.277 e. The first-order valence-electron chi connectivity index (χ1n) is 7.75. The van der Waals surface area contributed by atoms with Gasteiger partial charge in [-0.3, -0.25) is 9.69 Å². The van der Waals surface area contributed by atoms with Crippen LogP contribution < -0.4 is 9.64 Å². The Morgan fingerprint density at radius 1 is 1.25 bits per heavy atom. The second-order valence-corrected chi connectivity index (χ2v) is 5.78. The first kappa shape index (κ1) is 16.3. The maximum absolute atomic E-state index is 12.5. The molecular weight excluding hydrogens is 322 g/mol. The van der Waals surface area contributed by atoms with Gasteiger partial charge in [0.15, 0.2) is 10.9 Å². The Bertz CT molecular complexity index is 769. The highest BCUT2D eigenvalue weighted by atomic mass is 32.1. The van der Waals surface area contributed by atoms with Crippen molar-refractivity contribution in [2.75, 3.05) is 25.0 Å². The third kappa shape index (κ3) is 2.59. The molecule has 0 N–H and O–H groups in total. The van der Waals surface area contributed by atoms with Crippen molar-refractivity contribution in [1.29, 1.82) is 0 Å². The third-order valence-corrected chi connectivity index (χ3v) is 4.49. The van der Waals surface area contributed by atoms with E-state index in [1.807, 2.05) is 30.3 Å². The summed E-state index contributed by atoms with van der Waals surface area (Å²) in [6.45, 7) is 6.90. The van der Waals surface area contributed by atoms with Crippen molar-refractivity contribution in [2.45, 2.75) is 6.92 Å². The first-order valence-corrected chi connectivity index (χ1v) is 8.16. The molecule has 0 aromatic heterocycles. The van der Waals surface area contributed by atoms with Crippen LogP contribution in [-0.2, 0) is 4.79 Å². The summed E-state index contributed by atoms with van der Waals surface area (Å²) in [5, 5.41) is 0.479. The fourth-order valence-corrected chi connectivity index (χ4v) is 3.04. The van der Waals surface area contributed by atoms with Crippen molar-refractivity contribution in [3.8, 4) is 5.75 Å². The van der Waals surface area contributed by atoms with Crippen LogP contribution in [0.1, 0.15) is 6.92 Å². The second kappa shape index (κ2) is 6.49. The topological polar surface area (TPSA) is 36.0 Å². The Morgan fingerprint density at radius 2 is 2.00 bits per heavy atom. The molecule has 0 unspecified atom stereocenters. The van der Waals surface area contributed by atoms with E-state index >= 15 is 0 Å². The summed E-state index contributed by atoms with van der Waals surface area (Å²) in [4.78, 5) is 17.8. The third-order valence-electron chi connectivity index (χ3n) is 3.99. The highest BCUT2D eigenvalue weighted by molar-refractivity contribution is 7.80. The van der Waals surface area contributed by atoms with E-state index in [4.69, 9.17) is 17.0 Å². The molecule has 6 heteroatoms. The van der Waals surface area contributed by atoms with Crippen molar-refractivity contribution < 1.29 is 9.53 Å². The van der Waals surface area contributed by atoms with Crippen LogP contribution in [0, 0.1) is 0 Å². The van der Waals surface area contributed by atoms with Crippen LogP contribution in [0.2, 0.25) is 0 Å². The molecule has 0 spiro atoms. The lowest BCUT2D eigenvalue weighted by molar-refractivity contribution is -0.122. The van der Waals surface area contributed by atoms with Crippen LogP contribution in [0.4, 0.5) is 5.69 Å². The summed E-state index contributed by atoms with van der Waals surface area (Å²) >= 11 is 5.31. The van der Waals surface area contributed by atoms with Gasteiger partial charge in [-0.25, -0.2) is 0 Å². The number of carbonyl (C=O) groups excluding carboxylic acids is 1. The molecule has 1 fully saturated rings. The molecule has 24 heavy (non-hydrogen) atoms. The van der Waals surface area contributed by atoms with Gasteiger partial charge in [0.2, 0.25) is 5.88 Å². The minimum Gasteiger partial charge on any atom is -0.439 e. The zero-order valence-corrected chi connectivity index (χ0v) is 14.5.